The van der Waals surface area contributed by atoms with E-state index >= 15 is 0 Å². The highest BCUT2D eigenvalue weighted by atomic mass is 28.4. The van der Waals surface area contributed by atoms with Gasteiger partial charge in [-0.3, -0.25) is 0 Å². The largest absolute Gasteiger partial charge is 0.417 e. The molecule has 0 spiro atoms. The monoisotopic (exact) mass is 456 g/mol. The fraction of sp³-hybridized carbons (Fsp3) is 1.00. The molecule has 0 N–H and O–H groups in total. The zero-order valence-electron chi connectivity index (χ0n) is 22.8. The van der Waals surface area contributed by atoms with Gasteiger partial charge in [0.05, 0.1) is 0 Å². The third-order valence-corrected chi connectivity index (χ3v) is 18.1. The van der Waals surface area contributed by atoms with Gasteiger partial charge in [0.2, 0.25) is 0 Å². The zero-order chi connectivity index (χ0) is 23.4. The molecular formula is C26H56O2Si2. The summed E-state index contributed by atoms with van der Waals surface area (Å²) in [5.74, 6) is 3.64. The molecule has 0 heterocycles. The summed E-state index contributed by atoms with van der Waals surface area (Å²) in [6, 6.07) is 0. The van der Waals surface area contributed by atoms with Crippen molar-refractivity contribution in [1.29, 1.82) is 0 Å². The van der Waals surface area contributed by atoms with Crippen LogP contribution in [0.2, 0.25) is 36.3 Å². The Bertz CT molecular complexity index is 452. The van der Waals surface area contributed by atoms with Gasteiger partial charge >= 0.3 is 0 Å². The van der Waals surface area contributed by atoms with E-state index in [0.29, 0.717) is 10.1 Å². The van der Waals surface area contributed by atoms with Crippen LogP contribution in [0.1, 0.15) is 93.9 Å². The molecule has 0 radical (unpaired) electrons. The second-order valence-corrected chi connectivity index (χ2v) is 22.8. The number of rotatable bonds is 8. The fourth-order valence-corrected chi connectivity index (χ4v) is 5.98. The third kappa shape index (κ3) is 7.74. The summed E-state index contributed by atoms with van der Waals surface area (Å²) in [7, 11) is -2.98. The molecule has 0 aliphatic heterocycles. The Morgan fingerprint density at radius 1 is 0.567 bits per heavy atom. The van der Waals surface area contributed by atoms with Crippen LogP contribution in [0.3, 0.4) is 0 Å². The van der Waals surface area contributed by atoms with Crippen LogP contribution < -0.4 is 0 Å². The molecule has 2 saturated carbocycles. The SMILES string of the molecule is CC[C@@H]1CC[C@H]1CO[Si](C)(C)C(C)(C)C.CC[C@H]1CC[C@@H]1CO[Si](C)(C)C(C)(C)C. The van der Waals surface area contributed by atoms with E-state index < -0.39 is 16.6 Å². The van der Waals surface area contributed by atoms with E-state index in [1.807, 2.05) is 0 Å². The minimum atomic E-state index is -1.49. The van der Waals surface area contributed by atoms with E-state index in [2.05, 4.69) is 81.6 Å². The van der Waals surface area contributed by atoms with Crippen LogP contribution in [0.15, 0.2) is 0 Å². The molecule has 0 unspecified atom stereocenters. The van der Waals surface area contributed by atoms with Gasteiger partial charge in [-0.05, 0) is 85.6 Å². The van der Waals surface area contributed by atoms with E-state index in [-0.39, 0.29) is 0 Å². The van der Waals surface area contributed by atoms with E-state index in [1.54, 1.807) is 0 Å². The van der Waals surface area contributed by atoms with Gasteiger partial charge in [0, 0.05) is 13.2 Å². The molecule has 2 rings (SSSR count). The van der Waals surface area contributed by atoms with Gasteiger partial charge < -0.3 is 8.85 Å². The van der Waals surface area contributed by atoms with Crippen molar-refractivity contribution < 1.29 is 8.85 Å². The van der Waals surface area contributed by atoms with Crippen LogP contribution in [0.4, 0.5) is 0 Å². The molecule has 2 aliphatic carbocycles. The highest BCUT2D eigenvalue weighted by Crippen LogP contribution is 2.42. The first-order chi connectivity index (χ1) is 13.6. The molecule has 2 fully saturated rings. The quantitative estimate of drug-likeness (QED) is 0.339. The molecule has 180 valence electrons. The molecule has 0 amide bonds. The van der Waals surface area contributed by atoms with Gasteiger partial charge in [-0.1, -0.05) is 68.2 Å². The average molecular weight is 457 g/mol. The summed E-state index contributed by atoms with van der Waals surface area (Å²) < 4.78 is 12.5. The molecule has 0 bridgehead atoms. The topological polar surface area (TPSA) is 18.5 Å². The Morgan fingerprint density at radius 3 is 1.00 bits per heavy atom. The maximum absolute atomic E-state index is 6.27. The van der Waals surface area contributed by atoms with Crippen LogP contribution in [0.5, 0.6) is 0 Å². The third-order valence-electron chi connectivity index (χ3n) is 9.13. The summed E-state index contributed by atoms with van der Waals surface area (Å²) in [6.45, 7) is 30.0. The summed E-state index contributed by atoms with van der Waals surface area (Å²) in [5, 5.41) is 0.719. The van der Waals surface area contributed by atoms with Crippen LogP contribution >= 0.6 is 0 Å². The van der Waals surface area contributed by atoms with Crippen LogP contribution in [-0.2, 0) is 8.85 Å². The minimum Gasteiger partial charge on any atom is -0.417 e. The van der Waals surface area contributed by atoms with Crippen LogP contribution in [-0.4, -0.2) is 29.8 Å². The van der Waals surface area contributed by atoms with Gasteiger partial charge in [0.25, 0.3) is 0 Å². The van der Waals surface area contributed by atoms with Crippen molar-refractivity contribution in [2.75, 3.05) is 13.2 Å². The predicted octanol–water partition coefficient (Wildman–Crippen LogP) is 8.89. The fourth-order valence-electron chi connectivity index (χ4n) is 3.85. The first-order valence-corrected chi connectivity index (χ1v) is 18.6. The number of hydrogen-bond acceptors (Lipinski definition) is 2. The second-order valence-electron chi connectivity index (χ2n) is 13.2. The van der Waals surface area contributed by atoms with E-state index in [9.17, 15) is 0 Å². The Labute approximate surface area is 192 Å². The Kier molecular flexibility index (Phi) is 10.4. The lowest BCUT2D eigenvalue weighted by Crippen LogP contribution is -2.43. The van der Waals surface area contributed by atoms with Crippen molar-refractivity contribution in [2.24, 2.45) is 23.7 Å². The molecule has 2 nitrogen and oxygen atoms in total. The molecule has 2 aliphatic rings. The molecule has 4 heteroatoms. The Hall–Kier alpha value is 0.354. The maximum Gasteiger partial charge on any atom is 0.191 e. The first kappa shape index (κ1) is 28.4. The van der Waals surface area contributed by atoms with Crippen molar-refractivity contribution in [3.63, 3.8) is 0 Å². The van der Waals surface area contributed by atoms with E-state index in [1.165, 1.54) is 38.5 Å². The zero-order valence-corrected chi connectivity index (χ0v) is 24.8. The van der Waals surface area contributed by atoms with Crippen LogP contribution in [0, 0.1) is 23.7 Å². The highest BCUT2D eigenvalue weighted by molar-refractivity contribution is 6.74. The van der Waals surface area contributed by atoms with Crippen molar-refractivity contribution in [3.05, 3.63) is 0 Å². The minimum absolute atomic E-state index is 0.360. The van der Waals surface area contributed by atoms with Gasteiger partial charge in [-0.15, -0.1) is 0 Å². The van der Waals surface area contributed by atoms with Crippen molar-refractivity contribution in [3.8, 4) is 0 Å². The van der Waals surface area contributed by atoms with Gasteiger partial charge in [0.15, 0.2) is 16.6 Å². The maximum atomic E-state index is 6.27. The van der Waals surface area contributed by atoms with E-state index in [4.69, 9.17) is 8.85 Å². The van der Waals surface area contributed by atoms with Crippen molar-refractivity contribution in [2.45, 2.75) is 130 Å². The molecule has 0 saturated heterocycles. The number of hydrogen-bond donors (Lipinski definition) is 0. The molecule has 4 atom stereocenters. The van der Waals surface area contributed by atoms with Gasteiger partial charge in [-0.25, -0.2) is 0 Å². The molecular weight excluding hydrogens is 400 g/mol. The lowest BCUT2D eigenvalue weighted by atomic mass is 9.73. The Morgan fingerprint density at radius 2 is 0.833 bits per heavy atom. The smallest absolute Gasteiger partial charge is 0.191 e. The first-order valence-electron chi connectivity index (χ1n) is 12.8. The Balaban J connectivity index is 0.000000300. The molecule has 0 aromatic rings. The summed E-state index contributed by atoms with van der Waals surface area (Å²) in [5.41, 5.74) is 0. The second kappa shape index (κ2) is 11.0. The summed E-state index contributed by atoms with van der Waals surface area (Å²) in [6.07, 6.45) is 8.33. The average Bonchev–Trinajstić information content (AvgIpc) is 2.52. The van der Waals surface area contributed by atoms with Crippen molar-refractivity contribution in [1.82, 2.24) is 0 Å². The van der Waals surface area contributed by atoms with Gasteiger partial charge in [0.1, 0.15) is 0 Å². The summed E-state index contributed by atoms with van der Waals surface area (Å²) in [4.78, 5) is 0. The van der Waals surface area contributed by atoms with Gasteiger partial charge in [-0.2, -0.15) is 0 Å². The normalized spacial score (nSPS) is 27.6. The lowest BCUT2D eigenvalue weighted by Gasteiger charge is -2.41. The molecule has 0 aromatic carbocycles. The highest BCUT2D eigenvalue weighted by Gasteiger charge is 2.40. The molecule has 30 heavy (non-hydrogen) atoms. The van der Waals surface area contributed by atoms with Crippen molar-refractivity contribution >= 4 is 16.6 Å². The summed E-state index contributed by atoms with van der Waals surface area (Å²) >= 11 is 0. The molecule has 0 aromatic heterocycles. The predicted molar refractivity (Wildman–Crippen MR) is 139 cm³/mol. The van der Waals surface area contributed by atoms with E-state index in [0.717, 1.165) is 36.9 Å². The standard InChI is InChI=1S/2C13H28OSi/c2*1-7-11-8-9-12(11)10-14-15(5,6)13(2,3)4/h2*11-12H,7-10H2,1-6H3/t2*11-,12+/m10/s1. The van der Waals surface area contributed by atoms with Crippen LogP contribution in [0.25, 0.3) is 0 Å². The lowest BCUT2D eigenvalue weighted by molar-refractivity contribution is 0.0931.